The van der Waals surface area contributed by atoms with E-state index in [9.17, 15) is 37.1 Å². The van der Waals surface area contributed by atoms with Crippen molar-refractivity contribution in [2.24, 2.45) is 10.4 Å². The summed E-state index contributed by atoms with van der Waals surface area (Å²) in [7, 11) is 0. The molecule has 0 bridgehead atoms. The molecule has 1 saturated carbocycles. The van der Waals surface area contributed by atoms with Crippen LogP contribution in [-0.4, -0.2) is 62.7 Å². The number of aliphatic imine (C=N–C) groups is 1. The summed E-state index contributed by atoms with van der Waals surface area (Å²) in [6, 6.07) is 6.33. The maximum Gasteiger partial charge on any atom is 0.491 e. The predicted octanol–water partition coefficient (Wildman–Crippen LogP) is 5.12. The van der Waals surface area contributed by atoms with Crippen LogP contribution in [0.1, 0.15) is 86.7 Å². The van der Waals surface area contributed by atoms with E-state index in [0.29, 0.717) is 24.1 Å². The molecule has 0 radical (unpaired) electrons. The molecule has 1 N–H and O–H groups in total. The molecule has 0 amide bonds. The molecule has 3 aromatic rings. The van der Waals surface area contributed by atoms with Crippen molar-refractivity contribution in [3.05, 3.63) is 64.4 Å². The SMILES string of the molecule is CCOC(=O)C(O)c1c(C)nc2cc(C(=NCC(=O)Cc3ccc(F)cc3)OC(=O)C(F)(F)F)nn2c1C1CCC(C)(C)CC1. The number of aliphatic hydroxyl groups is 1. The number of carbonyl (C=O) groups excluding carboxylic acids is 3. The lowest BCUT2D eigenvalue weighted by Gasteiger charge is -2.35. The Labute approximate surface area is 256 Å². The van der Waals surface area contributed by atoms with Crippen LogP contribution in [0.25, 0.3) is 5.65 Å². The van der Waals surface area contributed by atoms with Gasteiger partial charge in [-0.15, -0.1) is 0 Å². The van der Waals surface area contributed by atoms with E-state index >= 15 is 0 Å². The Hall–Kier alpha value is -4.20. The van der Waals surface area contributed by atoms with Crippen LogP contribution in [0.2, 0.25) is 0 Å². The first kappa shape index (κ1) is 33.7. The fourth-order valence-corrected chi connectivity index (χ4v) is 5.36. The largest absolute Gasteiger partial charge is 0.491 e. The molecule has 14 heteroatoms. The zero-order valence-corrected chi connectivity index (χ0v) is 25.3. The molecule has 0 saturated heterocycles. The van der Waals surface area contributed by atoms with E-state index in [4.69, 9.17) is 4.74 Å². The first-order valence-electron chi connectivity index (χ1n) is 14.4. The van der Waals surface area contributed by atoms with Crippen molar-refractivity contribution in [2.45, 2.75) is 78.0 Å². The molecular weight excluding hydrogens is 600 g/mol. The van der Waals surface area contributed by atoms with E-state index < -0.39 is 48.3 Å². The molecule has 1 fully saturated rings. The van der Waals surface area contributed by atoms with Crippen molar-refractivity contribution in [1.82, 2.24) is 14.6 Å². The highest BCUT2D eigenvalue weighted by atomic mass is 19.4. The lowest BCUT2D eigenvalue weighted by atomic mass is 9.71. The number of halogens is 4. The second-order valence-electron chi connectivity index (χ2n) is 11.7. The van der Waals surface area contributed by atoms with Gasteiger partial charge in [-0.25, -0.2) is 28.5 Å². The van der Waals surface area contributed by atoms with Crippen molar-refractivity contribution >= 4 is 29.3 Å². The maximum atomic E-state index is 13.2. The molecular formula is C31H34F4N4O6. The molecule has 2 heterocycles. The number of hydrogen-bond donors (Lipinski definition) is 1. The van der Waals surface area contributed by atoms with Gasteiger partial charge in [-0.1, -0.05) is 26.0 Å². The lowest BCUT2D eigenvalue weighted by Crippen LogP contribution is -2.29. The van der Waals surface area contributed by atoms with Gasteiger partial charge in [0.25, 0.3) is 0 Å². The molecule has 2 aromatic heterocycles. The molecule has 0 spiro atoms. The van der Waals surface area contributed by atoms with Gasteiger partial charge in [-0.05, 0) is 62.6 Å². The first-order chi connectivity index (χ1) is 21.1. The van der Waals surface area contributed by atoms with Gasteiger partial charge >= 0.3 is 18.1 Å². The number of fused-ring (bicyclic) bond motifs is 1. The summed E-state index contributed by atoms with van der Waals surface area (Å²) in [4.78, 5) is 45.4. The van der Waals surface area contributed by atoms with E-state index in [1.807, 2.05) is 0 Å². The number of alkyl halides is 3. The number of aryl methyl sites for hydroxylation is 1. The summed E-state index contributed by atoms with van der Waals surface area (Å²) < 4.78 is 63.8. The van der Waals surface area contributed by atoms with Crippen LogP contribution in [-0.2, 0) is 30.3 Å². The number of hydrogen-bond acceptors (Lipinski definition) is 9. The molecule has 1 aliphatic carbocycles. The molecule has 45 heavy (non-hydrogen) atoms. The van der Waals surface area contributed by atoms with E-state index in [2.05, 4.69) is 33.7 Å². The minimum absolute atomic E-state index is 0.0216. The summed E-state index contributed by atoms with van der Waals surface area (Å²) in [5, 5.41) is 15.4. The van der Waals surface area contributed by atoms with Crippen LogP contribution in [0, 0.1) is 18.2 Å². The molecule has 10 nitrogen and oxygen atoms in total. The number of benzene rings is 1. The zero-order chi connectivity index (χ0) is 33.1. The summed E-state index contributed by atoms with van der Waals surface area (Å²) >= 11 is 0. The number of esters is 2. The van der Waals surface area contributed by atoms with Gasteiger partial charge in [0.15, 0.2) is 17.5 Å². The van der Waals surface area contributed by atoms with Gasteiger partial charge in [-0.3, -0.25) is 4.79 Å². The normalized spacial score (nSPS) is 16.4. The standard InChI is InChI=1S/C31H34F4N4O6/c1-5-44-28(42)26(41)24-17(2)37-23-15-22(38-39(23)25(24)19-10-12-30(3,4)13-11-19)27(45-29(43)31(33,34)35)36-16-21(40)14-18-6-8-20(32)9-7-18/h6-9,15,19,26,41H,5,10-14,16H2,1-4H3. The van der Waals surface area contributed by atoms with E-state index in [-0.39, 0.29) is 47.0 Å². The van der Waals surface area contributed by atoms with Crippen molar-refractivity contribution < 1.29 is 46.5 Å². The minimum Gasteiger partial charge on any atom is -0.464 e. The average Bonchev–Trinajstić information content (AvgIpc) is 3.38. The van der Waals surface area contributed by atoms with E-state index in [0.717, 1.165) is 25.0 Å². The third-order valence-electron chi connectivity index (χ3n) is 7.73. The Morgan fingerprint density at radius 1 is 1.16 bits per heavy atom. The summed E-state index contributed by atoms with van der Waals surface area (Å²) in [6.45, 7) is 6.78. The van der Waals surface area contributed by atoms with E-state index in [1.165, 1.54) is 22.7 Å². The third kappa shape index (κ3) is 8.10. The van der Waals surface area contributed by atoms with Gasteiger partial charge < -0.3 is 14.6 Å². The number of aliphatic hydroxyl groups excluding tert-OH is 1. The third-order valence-corrected chi connectivity index (χ3v) is 7.73. The Bertz CT molecular complexity index is 1600. The highest BCUT2D eigenvalue weighted by Crippen LogP contribution is 2.44. The Kier molecular flexibility index (Phi) is 10.1. The van der Waals surface area contributed by atoms with Crippen molar-refractivity contribution in [1.29, 1.82) is 0 Å². The molecule has 4 rings (SSSR count). The second kappa shape index (κ2) is 13.4. The van der Waals surface area contributed by atoms with Crippen molar-refractivity contribution in [3.63, 3.8) is 0 Å². The van der Waals surface area contributed by atoms with Gasteiger partial charge in [0.2, 0.25) is 5.90 Å². The number of ether oxygens (including phenoxy) is 2. The predicted molar refractivity (Wildman–Crippen MR) is 153 cm³/mol. The maximum absolute atomic E-state index is 13.2. The Balaban J connectivity index is 1.80. The minimum atomic E-state index is -5.37. The fraction of sp³-hybridized carbons (Fsp3) is 0.484. The van der Waals surface area contributed by atoms with Gasteiger partial charge in [0.05, 0.1) is 12.3 Å². The van der Waals surface area contributed by atoms with Crippen LogP contribution in [0.15, 0.2) is 35.3 Å². The van der Waals surface area contributed by atoms with Crippen molar-refractivity contribution in [3.8, 4) is 0 Å². The topological polar surface area (TPSA) is 132 Å². The number of ketones is 1. The molecule has 242 valence electrons. The summed E-state index contributed by atoms with van der Waals surface area (Å²) in [6.07, 6.45) is -4.33. The van der Waals surface area contributed by atoms with E-state index in [1.54, 1.807) is 13.8 Å². The Morgan fingerprint density at radius 2 is 1.80 bits per heavy atom. The average molecular weight is 635 g/mol. The first-order valence-corrected chi connectivity index (χ1v) is 14.4. The quantitative estimate of drug-likeness (QED) is 0.149. The molecule has 1 unspecified atom stereocenters. The zero-order valence-electron chi connectivity index (χ0n) is 25.3. The summed E-state index contributed by atoms with van der Waals surface area (Å²) in [5.74, 6) is -5.60. The number of carbonyl (C=O) groups is 3. The van der Waals surface area contributed by atoms with Gasteiger partial charge in [-0.2, -0.15) is 18.3 Å². The van der Waals surface area contributed by atoms with Gasteiger partial charge in [0, 0.05) is 29.7 Å². The number of Topliss-reactive ketones (excluding diaryl/α,β-unsaturated/α-hetero) is 1. The molecule has 1 atom stereocenters. The monoisotopic (exact) mass is 634 g/mol. The smallest absolute Gasteiger partial charge is 0.464 e. The molecule has 1 aromatic carbocycles. The number of rotatable bonds is 9. The number of aromatic nitrogens is 3. The van der Waals surface area contributed by atoms with Crippen LogP contribution < -0.4 is 0 Å². The van der Waals surface area contributed by atoms with Crippen LogP contribution in [0.3, 0.4) is 0 Å². The fourth-order valence-electron chi connectivity index (χ4n) is 5.36. The highest BCUT2D eigenvalue weighted by molar-refractivity contribution is 6.02. The van der Waals surface area contributed by atoms with Crippen LogP contribution in [0.4, 0.5) is 17.6 Å². The molecule has 0 aliphatic heterocycles. The second-order valence-corrected chi connectivity index (χ2v) is 11.7. The number of nitrogens with zero attached hydrogens (tertiary/aromatic N) is 4. The summed E-state index contributed by atoms with van der Waals surface area (Å²) in [5.41, 5.74) is 1.18. The highest BCUT2D eigenvalue weighted by Gasteiger charge is 2.43. The molecule has 1 aliphatic rings. The van der Waals surface area contributed by atoms with Crippen LogP contribution in [0.5, 0.6) is 0 Å². The Morgan fingerprint density at radius 3 is 2.40 bits per heavy atom. The van der Waals surface area contributed by atoms with Gasteiger partial charge in [0.1, 0.15) is 18.1 Å². The van der Waals surface area contributed by atoms with Crippen molar-refractivity contribution in [2.75, 3.05) is 13.2 Å². The van der Waals surface area contributed by atoms with Crippen LogP contribution >= 0.6 is 0 Å². The lowest BCUT2D eigenvalue weighted by molar-refractivity contribution is -0.191.